The van der Waals surface area contributed by atoms with Crippen molar-refractivity contribution >= 4 is 34.9 Å². The van der Waals surface area contributed by atoms with Gasteiger partial charge < -0.3 is 9.13 Å². The van der Waals surface area contributed by atoms with Gasteiger partial charge in [-0.25, -0.2) is 0 Å². The third-order valence-electron chi connectivity index (χ3n) is 4.23. The molecule has 0 saturated heterocycles. The van der Waals surface area contributed by atoms with Crippen LogP contribution < -0.4 is 0 Å². The average Bonchev–Trinajstić information content (AvgIpc) is 3.25. The SMILES string of the molecule is Cn1ccn(CN2CCc3sccc3[C@H]2c2cccs2)c1=S. The topological polar surface area (TPSA) is 13.1 Å². The zero-order valence-electron chi connectivity index (χ0n) is 12.3. The molecule has 22 heavy (non-hydrogen) atoms. The number of hydrogen-bond donors (Lipinski definition) is 0. The zero-order valence-corrected chi connectivity index (χ0v) is 14.8. The lowest BCUT2D eigenvalue weighted by Gasteiger charge is -2.35. The molecule has 0 fully saturated rings. The van der Waals surface area contributed by atoms with Crippen molar-refractivity contribution < 1.29 is 0 Å². The second-order valence-corrected chi connectivity index (χ2v) is 7.93. The average molecular weight is 348 g/mol. The van der Waals surface area contributed by atoms with Crippen LogP contribution in [0.4, 0.5) is 0 Å². The maximum Gasteiger partial charge on any atom is 0.180 e. The first-order chi connectivity index (χ1) is 10.7. The van der Waals surface area contributed by atoms with Crippen molar-refractivity contribution in [2.24, 2.45) is 7.05 Å². The number of imidazole rings is 1. The fourth-order valence-corrected chi connectivity index (χ4v) is 5.07. The van der Waals surface area contributed by atoms with E-state index in [0.29, 0.717) is 6.04 Å². The van der Waals surface area contributed by atoms with Crippen molar-refractivity contribution in [3.8, 4) is 0 Å². The largest absolute Gasteiger partial charge is 0.327 e. The molecule has 3 aromatic rings. The lowest BCUT2D eigenvalue weighted by atomic mass is 9.99. The number of rotatable bonds is 3. The van der Waals surface area contributed by atoms with Gasteiger partial charge in [-0.15, -0.1) is 22.7 Å². The van der Waals surface area contributed by atoms with Gasteiger partial charge in [-0.05, 0) is 47.1 Å². The molecule has 0 saturated carbocycles. The van der Waals surface area contributed by atoms with Crippen LogP contribution in [-0.4, -0.2) is 20.6 Å². The molecule has 3 nitrogen and oxygen atoms in total. The summed E-state index contributed by atoms with van der Waals surface area (Å²) in [6.07, 6.45) is 5.24. The van der Waals surface area contributed by atoms with E-state index in [-0.39, 0.29) is 0 Å². The van der Waals surface area contributed by atoms with Gasteiger partial charge >= 0.3 is 0 Å². The monoisotopic (exact) mass is 347 g/mol. The Labute approximate surface area is 143 Å². The standard InChI is InChI=1S/C16H17N3S3/c1-17-7-8-19(16(17)20)11-18-6-4-13-12(5-10-22-13)15(18)14-3-2-9-21-14/h2-3,5,7-10,15H,4,6,11H2,1H3/t15-/m0/s1. The summed E-state index contributed by atoms with van der Waals surface area (Å²) in [4.78, 5) is 5.49. The fraction of sp³-hybridized carbons (Fsp3) is 0.312. The predicted octanol–water partition coefficient (Wildman–Crippen LogP) is 4.28. The molecule has 0 unspecified atom stereocenters. The first-order valence-corrected chi connectivity index (χ1v) is 9.46. The number of fused-ring (bicyclic) bond motifs is 1. The zero-order chi connectivity index (χ0) is 15.1. The second kappa shape index (κ2) is 5.77. The Balaban J connectivity index is 1.72. The Bertz CT molecular complexity index is 825. The molecule has 1 atom stereocenters. The van der Waals surface area contributed by atoms with Gasteiger partial charge in [0, 0.05) is 35.7 Å². The molecule has 4 heterocycles. The summed E-state index contributed by atoms with van der Waals surface area (Å²) in [5.74, 6) is 0. The van der Waals surface area contributed by atoms with E-state index in [9.17, 15) is 0 Å². The number of aromatic nitrogens is 2. The van der Waals surface area contributed by atoms with Crippen LogP contribution in [0.3, 0.4) is 0 Å². The van der Waals surface area contributed by atoms with Crippen molar-refractivity contribution in [3.63, 3.8) is 0 Å². The maximum atomic E-state index is 5.50. The maximum absolute atomic E-state index is 5.50. The van der Waals surface area contributed by atoms with Crippen LogP contribution in [-0.2, 0) is 20.1 Å². The van der Waals surface area contributed by atoms with E-state index < -0.39 is 0 Å². The van der Waals surface area contributed by atoms with Crippen LogP contribution in [0.2, 0.25) is 0 Å². The minimum Gasteiger partial charge on any atom is -0.327 e. The van der Waals surface area contributed by atoms with Gasteiger partial charge in [-0.2, -0.15) is 0 Å². The summed E-state index contributed by atoms with van der Waals surface area (Å²) in [6.45, 7) is 1.92. The molecule has 6 heteroatoms. The van der Waals surface area contributed by atoms with Crippen LogP contribution in [0.1, 0.15) is 21.4 Å². The van der Waals surface area contributed by atoms with Crippen LogP contribution in [0.15, 0.2) is 41.4 Å². The van der Waals surface area contributed by atoms with E-state index in [1.807, 2.05) is 40.5 Å². The minimum atomic E-state index is 0.358. The normalized spacial score (nSPS) is 18.5. The van der Waals surface area contributed by atoms with Crippen molar-refractivity contribution in [1.29, 1.82) is 0 Å². The van der Waals surface area contributed by atoms with E-state index in [1.165, 1.54) is 15.3 Å². The lowest BCUT2D eigenvalue weighted by Crippen LogP contribution is -2.36. The Hall–Kier alpha value is -1.21. The van der Waals surface area contributed by atoms with Crippen molar-refractivity contribution in [3.05, 3.63) is 61.4 Å². The van der Waals surface area contributed by atoms with Crippen molar-refractivity contribution in [1.82, 2.24) is 14.0 Å². The molecule has 0 radical (unpaired) electrons. The van der Waals surface area contributed by atoms with Gasteiger partial charge in [0.1, 0.15) is 0 Å². The molecule has 0 spiro atoms. The molecule has 0 aromatic carbocycles. The summed E-state index contributed by atoms with van der Waals surface area (Å²) >= 11 is 9.23. The fourth-order valence-electron chi connectivity index (χ4n) is 3.11. The number of thiophene rings is 2. The summed E-state index contributed by atoms with van der Waals surface area (Å²) in [7, 11) is 2.00. The molecule has 4 rings (SSSR count). The third-order valence-corrected chi connectivity index (χ3v) is 6.67. The van der Waals surface area contributed by atoms with Gasteiger partial charge in [0.15, 0.2) is 4.77 Å². The molecule has 1 aliphatic heterocycles. The Morgan fingerprint density at radius 1 is 1.23 bits per heavy atom. The molecule has 0 aliphatic carbocycles. The molecule has 1 aliphatic rings. The quantitative estimate of drug-likeness (QED) is 0.656. The Kier molecular flexibility index (Phi) is 3.78. The highest BCUT2D eigenvalue weighted by Crippen LogP contribution is 2.39. The van der Waals surface area contributed by atoms with E-state index in [2.05, 4.69) is 44.6 Å². The Morgan fingerprint density at radius 3 is 2.86 bits per heavy atom. The highest BCUT2D eigenvalue weighted by atomic mass is 32.1. The van der Waals surface area contributed by atoms with Crippen LogP contribution in [0.25, 0.3) is 0 Å². The molecular weight excluding hydrogens is 330 g/mol. The summed E-state index contributed by atoms with van der Waals surface area (Å²) in [5.41, 5.74) is 1.47. The Morgan fingerprint density at radius 2 is 2.14 bits per heavy atom. The summed E-state index contributed by atoms with van der Waals surface area (Å²) in [6, 6.07) is 7.05. The molecular formula is C16H17N3S3. The highest BCUT2D eigenvalue weighted by molar-refractivity contribution is 7.71. The van der Waals surface area contributed by atoms with Gasteiger partial charge in [-0.1, -0.05) is 6.07 Å². The van der Waals surface area contributed by atoms with E-state index in [1.54, 1.807) is 0 Å². The molecule has 0 N–H and O–H groups in total. The smallest absolute Gasteiger partial charge is 0.180 e. The molecule has 3 aromatic heterocycles. The van der Waals surface area contributed by atoms with E-state index in [0.717, 1.165) is 24.4 Å². The number of hydrogen-bond acceptors (Lipinski definition) is 4. The highest BCUT2D eigenvalue weighted by Gasteiger charge is 2.30. The van der Waals surface area contributed by atoms with Crippen LogP contribution in [0, 0.1) is 4.77 Å². The van der Waals surface area contributed by atoms with Crippen LogP contribution >= 0.6 is 34.9 Å². The lowest BCUT2D eigenvalue weighted by molar-refractivity contribution is 0.167. The molecule has 0 amide bonds. The number of nitrogens with zero attached hydrogens (tertiary/aromatic N) is 3. The van der Waals surface area contributed by atoms with Crippen molar-refractivity contribution in [2.45, 2.75) is 19.1 Å². The van der Waals surface area contributed by atoms with Gasteiger partial charge in [0.2, 0.25) is 0 Å². The third kappa shape index (κ3) is 2.40. The van der Waals surface area contributed by atoms with E-state index >= 15 is 0 Å². The van der Waals surface area contributed by atoms with Gasteiger partial charge in [-0.3, -0.25) is 4.90 Å². The van der Waals surface area contributed by atoms with Gasteiger partial charge in [0.05, 0.1) is 12.7 Å². The molecule has 114 valence electrons. The summed E-state index contributed by atoms with van der Waals surface area (Å²) < 4.78 is 5.03. The second-order valence-electron chi connectivity index (χ2n) is 5.58. The van der Waals surface area contributed by atoms with Crippen molar-refractivity contribution in [2.75, 3.05) is 6.54 Å². The predicted molar refractivity (Wildman–Crippen MR) is 95.1 cm³/mol. The first-order valence-electron chi connectivity index (χ1n) is 7.29. The van der Waals surface area contributed by atoms with Gasteiger partial charge in [0.25, 0.3) is 0 Å². The molecule has 0 bridgehead atoms. The first kappa shape index (κ1) is 14.4. The minimum absolute atomic E-state index is 0.358. The number of aryl methyl sites for hydroxylation is 1. The van der Waals surface area contributed by atoms with E-state index in [4.69, 9.17) is 12.2 Å². The van der Waals surface area contributed by atoms with Crippen LogP contribution in [0.5, 0.6) is 0 Å². The summed E-state index contributed by atoms with van der Waals surface area (Å²) in [5, 5.41) is 4.39.